The van der Waals surface area contributed by atoms with Crippen molar-refractivity contribution in [1.82, 2.24) is 25.2 Å². The topological polar surface area (TPSA) is 97.2 Å². The zero-order chi connectivity index (χ0) is 17.1. The van der Waals surface area contributed by atoms with Gasteiger partial charge in [0.05, 0.1) is 17.1 Å². The quantitative estimate of drug-likeness (QED) is 0.868. The molecular formula is C15H15N5O3S. The second-order valence-electron chi connectivity index (χ2n) is 5.11. The minimum Gasteiger partial charge on any atom is -0.349 e. The van der Waals surface area contributed by atoms with E-state index in [1.165, 1.54) is 4.80 Å². The van der Waals surface area contributed by atoms with Gasteiger partial charge in [-0.2, -0.15) is 9.90 Å². The fraction of sp³-hybridized carbons (Fsp3) is 0.267. The van der Waals surface area contributed by atoms with Crippen LogP contribution in [0.15, 0.2) is 30.3 Å². The molecule has 3 rings (SSSR count). The number of carbonyl (C=O) groups is 3. The monoisotopic (exact) mass is 345 g/mol. The highest BCUT2D eigenvalue weighted by Gasteiger charge is 2.29. The molecule has 1 saturated heterocycles. The van der Waals surface area contributed by atoms with Crippen molar-refractivity contribution < 1.29 is 14.4 Å². The molecule has 1 aliphatic rings. The van der Waals surface area contributed by atoms with Gasteiger partial charge in [-0.15, -0.1) is 5.10 Å². The maximum atomic E-state index is 12.2. The van der Waals surface area contributed by atoms with E-state index in [9.17, 15) is 14.4 Å². The smallest absolute Gasteiger partial charge is 0.288 e. The molecule has 0 spiro atoms. The zero-order valence-electron chi connectivity index (χ0n) is 12.9. The molecule has 2 heterocycles. The number of aromatic nitrogens is 3. The summed E-state index contributed by atoms with van der Waals surface area (Å²) in [6.07, 6.45) is 0. The molecule has 9 heteroatoms. The minimum atomic E-state index is -0.388. The Morgan fingerprint density at radius 3 is 2.67 bits per heavy atom. The average molecular weight is 345 g/mol. The van der Waals surface area contributed by atoms with Crippen molar-refractivity contribution >= 4 is 28.8 Å². The van der Waals surface area contributed by atoms with Crippen LogP contribution in [0.2, 0.25) is 0 Å². The van der Waals surface area contributed by atoms with E-state index < -0.39 is 0 Å². The highest BCUT2D eigenvalue weighted by atomic mass is 32.2. The van der Waals surface area contributed by atoms with E-state index in [2.05, 4.69) is 15.5 Å². The Balaban J connectivity index is 1.62. The fourth-order valence-corrected chi connectivity index (χ4v) is 2.98. The van der Waals surface area contributed by atoms with Crippen molar-refractivity contribution in [3.05, 3.63) is 41.7 Å². The fourth-order valence-electron chi connectivity index (χ4n) is 2.23. The van der Waals surface area contributed by atoms with Gasteiger partial charge >= 0.3 is 0 Å². The highest BCUT2D eigenvalue weighted by Crippen LogP contribution is 2.17. The second kappa shape index (κ2) is 6.83. The summed E-state index contributed by atoms with van der Waals surface area (Å²) < 4.78 is 0. The molecule has 8 nitrogen and oxygen atoms in total. The lowest BCUT2D eigenvalue weighted by Crippen LogP contribution is -2.37. The molecule has 2 aromatic rings. The van der Waals surface area contributed by atoms with Crippen LogP contribution in [0.5, 0.6) is 0 Å². The van der Waals surface area contributed by atoms with E-state index in [1.54, 1.807) is 6.92 Å². The minimum absolute atomic E-state index is 0.155. The maximum absolute atomic E-state index is 12.2. The Morgan fingerprint density at radius 2 is 2.00 bits per heavy atom. The molecule has 0 bridgehead atoms. The van der Waals surface area contributed by atoms with Gasteiger partial charge in [-0.05, 0) is 19.1 Å². The summed E-state index contributed by atoms with van der Waals surface area (Å²) in [5.74, 6) is -0.455. The molecule has 0 unspecified atom stereocenters. The normalized spacial score (nSPS) is 14.3. The van der Waals surface area contributed by atoms with E-state index in [1.807, 2.05) is 30.3 Å². The van der Waals surface area contributed by atoms with Crippen LogP contribution in [0, 0.1) is 6.92 Å². The standard InChI is InChI=1S/C15H15N5O3S/c1-10-13(18-20(17-10)11-5-3-2-4-6-11)14(22)16-7-8-19-12(21)9-24-15(19)23/h2-6H,7-9H2,1H3,(H,16,22). The number of benzene rings is 1. The number of carbonyl (C=O) groups excluding carboxylic acids is 3. The van der Waals surface area contributed by atoms with Gasteiger partial charge in [0.25, 0.3) is 11.1 Å². The third-order valence-corrected chi connectivity index (χ3v) is 4.30. The number of imide groups is 1. The summed E-state index contributed by atoms with van der Waals surface area (Å²) in [4.78, 5) is 37.7. The molecule has 0 aliphatic carbocycles. The summed E-state index contributed by atoms with van der Waals surface area (Å²) >= 11 is 0.971. The molecule has 0 saturated carbocycles. The SMILES string of the molecule is Cc1nn(-c2ccccc2)nc1C(=O)NCCN1C(=O)CSC1=O. The lowest BCUT2D eigenvalue weighted by atomic mass is 10.3. The molecule has 0 radical (unpaired) electrons. The molecule has 1 N–H and O–H groups in total. The van der Waals surface area contributed by atoms with Gasteiger partial charge in [-0.3, -0.25) is 19.3 Å². The Hall–Kier alpha value is -2.68. The number of nitrogens with zero attached hydrogens (tertiary/aromatic N) is 4. The third-order valence-electron chi connectivity index (χ3n) is 3.45. The maximum Gasteiger partial charge on any atom is 0.288 e. The van der Waals surface area contributed by atoms with Crippen LogP contribution in [-0.4, -0.2) is 55.8 Å². The van der Waals surface area contributed by atoms with Crippen LogP contribution in [-0.2, 0) is 4.79 Å². The van der Waals surface area contributed by atoms with Crippen molar-refractivity contribution in [2.75, 3.05) is 18.8 Å². The van der Waals surface area contributed by atoms with Crippen LogP contribution in [0.25, 0.3) is 5.69 Å². The third kappa shape index (κ3) is 3.30. The Kier molecular flexibility index (Phi) is 4.61. The van der Waals surface area contributed by atoms with Gasteiger partial charge in [0.1, 0.15) is 0 Å². The van der Waals surface area contributed by atoms with Crippen LogP contribution in [0.4, 0.5) is 4.79 Å². The first-order chi connectivity index (χ1) is 11.6. The summed E-state index contributed by atoms with van der Waals surface area (Å²) in [7, 11) is 0. The first kappa shape index (κ1) is 16.2. The van der Waals surface area contributed by atoms with E-state index in [0.29, 0.717) is 5.69 Å². The van der Waals surface area contributed by atoms with Crippen LogP contribution >= 0.6 is 11.8 Å². The number of thioether (sulfide) groups is 1. The number of para-hydroxylation sites is 1. The van der Waals surface area contributed by atoms with Gasteiger partial charge in [0, 0.05) is 13.1 Å². The summed E-state index contributed by atoms with van der Waals surface area (Å²) in [5.41, 5.74) is 1.47. The molecule has 3 amide bonds. The van der Waals surface area contributed by atoms with Gasteiger partial charge < -0.3 is 5.32 Å². The van der Waals surface area contributed by atoms with Crippen LogP contribution < -0.4 is 5.32 Å². The molecule has 1 aromatic heterocycles. The second-order valence-corrected chi connectivity index (χ2v) is 6.04. The van der Waals surface area contributed by atoms with Crippen molar-refractivity contribution in [2.24, 2.45) is 0 Å². The van der Waals surface area contributed by atoms with E-state index in [-0.39, 0.29) is 41.6 Å². The van der Waals surface area contributed by atoms with Gasteiger partial charge in [-0.25, -0.2) is 0 Å². The van der Waals surface area contributed by atoms with Gasteiger partial charge in [-0.1, -0.05) is 30.0 Å². The van der Waals surface area contributed by atoms with Crippen LogP contribution in [0.1, 0.15) is 16.2 Å². The highest BCUT2D eigenvalue weighted by molar-refractivity contribution is 8.14. The molecular weight excluding hydrogens is 330 g/mol. The molecule has 0 atom stereocenters. The van der Waals surface area contributed by atoms with Gasteiger partial charge in [0.2, 0.25) is 5.91 Å². The Bertz CT molecular complexity index is 774. The van der Waals surface area contributed by atoms with E-state index in [4.69, 9.17) is 0 Å². The lowest BCUT2D eigenvalue weighted by Gasteiger charge is -2.12. The van der Waals surface area contributed by atoms with E-state index in [0.717, 1.165) is 22.3 Å². The van der Waals surface area contributed by atoms with Crippen molar-refractivity contribution in [3.63, 3.8) is 0 Å². The number of aryl methyl sites for hydroxylation is 1. The molecule has 24 heavy (non-hydrogen) atoms. The van der Waals surface area contributed by atoms with Crippen molar-refractivity contribution in [3.8, 4) is 5.69 Å². The predicted molar refractivity (Wildman–Crippen MR) is 88.0 cm³/mol. The summed E-state index contributed by atoms with van der Waals surface area (Å²) in [6, 6.07) is 9.27. The Labute approximate surface area is 142 Å². The summed E-state index contributed by atoms with van der Waals surface area (Å²) in [5, 5.41) is 10.8. The average Bonchev–Trinajstić information content (AvgIpc) is 3.12. The zero-order valence-corrected chi connectivity index (χ0v) is 13.7. The van der Waals surface area contributed by atoms with Crippen LogP contribution in [0.3, 0.4) is 0 Å². The molecule has 1 aromatic carbocycles. The number of rotatable bonds is 5. The number of hydrogen-bond donors (Lipinski definition) is 1. The summed E-state index contributed by atoms with van der Waals surface area (Å²) in [6.45, 7) is 2.03. The number of nitrogens with one attached hydrogen (secondary N) is 1. The first-order valence-electron chi connectivity index (χ1n) is 7.31. The van der Waals surface area contributed by atoms with E-state index >= 15 is 0 Å². The number of hydrogen-bond acceptors (Lipinski definition) is 6. The predicted octanol–water partition coefficient (Wildman–Crippen LogP) is 1.00. The van der Waals surface area contributed by atoms with Gasteiger partial charge in [0.15, 0.2) is 5.69 Å². The van der Waals surface area contributed by atoms with Crippen molar-refractivity contribution in [1.29, 1.82) is 0 Å². The Morgan fingerprint density at radius 1 is 1.25 bits per heavy atom. The first-order valence-corrected chi connectivity index (χ1v) is 8.29. The number of amides is 3. The molecule has 124 valence electrons. The lowest BCUT2D eigenvalue weighted by molar-refractivity contribution is -0.124. The molecule has 1 fully saturated rings. The molecule has 1 aliphatic heterocycles. The largest absolute Gasteiger partial charge is 0.349 e. The van der Waals surface area contributed by atoms with Crippen molar-refractivity contribution in [2.45, 2.75) is 6.92 Å².